The van der Waals surface area contributed by atoms with Crippen LogP contribution in [0.2, 0.25) is 0 Å². The van der Waals surface area contributed by atoms with E-state index in [1.54, 1.807) is 23.6 Å². The SMILES string of the molecule is CCOc1cccc(C(=O)c2csnn2)c1. The van der Waals surface area contributed by atoms with E-state index in [1.807, 2.05) is 13.0 Å². The van der Waals surface area contributed by atoms with E-state index in [4.69, 9.17) is 4.74 Å². The van der Waals surface area contributed by atoms with Crippen molar-refractivity contribution in [3.05, 3.63) is 40.9 Å². The minimum Gasteiger partial charge on any atom is -0.494 e. The summed E-state index contributed by atoms with van der Waals surface area (Å²) < 4.78 is 9.00. The monoisotopic (exact) mass is 234 g/mol. The predicted octanol–water partition coefficient (Wildman–Crippen LogP) is 2.17. The van der Waals surface area contributed by atoms with Crippen LogP contribution in [0, 0.1) is 0 Å². The van der Waals surface area contributed by atoms with Crippen LogP contribution in [0.5, 0.6) is 5.75 Å². The third-order valence-corrected chi connectivity index (χ3v) is 2.50. The van der Waals surface area contributed by atoms with Crippen molar-refractivity contribution >= 4 is 17.3 Å². The molecule has 82 valence electrons. The van der Waals surface area contributed by atoms with Crippen LogP contribution in [0.1, 0.15) is 23.0 Å². The summed E-state index contributed by atoms with van der Waals surface area (Å²) in [5, 5.41) is 5.38. The topological polar surface area (TPSA) is 52.1 Å². The average Bonchev–Trinajstić information content (AvgIpc) is 2.82. The second-order valence-corrected chi connectivity index (χ2v) is 3.69. The Hall–Kier alpha value is -1.75. The van der Waals surface area contributed by atoms with Crippen molar-refractivity contribution in [3.63, 3.8) is 0 Å². The van der Waals surface area contributed by atoms with Gasteiger partial charge in [0, 0.05) is 10.9 Å². The highest BCUT2D eigenvalue weighted by Gasteiger charge is 2.12. The Morgan fingerprint density at radius 1 is 1.50 bits per heavy atom. The predicted molar refractivity (Wildman–Crippen MR) is 61.0 cm³/mol. The molecule has 0 saturated heterocycles. The van der Waals surface area contributed by atoms with Crippen LogP contribution in [0.15, 0.2) is 29.6 Å². The Bertz CT molecular complexity index is 482. The number of carbonyl (C=O) groups is 1. The zero-order chi connectivity index (χ0) is 11.4. The first-order valence-electron chi connectivity index (χ1n) is 4.86. The van der Waals surface area contributed by atoms with Crippen molar-refractivity contribution in [2.75, 3.05) is 6.61 Å². The number of ketones is 1. The van der Waals surface area contributed by atoms with Gasteiger partial charge in [0.05, 0.1) is 6.61 Å². The summed E-state index contributed by atoms with van der Waals surface area (Å²) in [7, 11) is 0. The number of ether oxygens (including phenoxy) is 1. The molecule has 0 N–H and O–H groups in total. The molecule has 4 nitrogen and oxygen atoms in total. The lowest BCUT2D eigenvalue weighted by molar-refractivity contribution is 0.103. The van der Waals surface area contributed by atoms with E-state index in [0.29, 0.717) is 23.6 Å². The lowest BCUT2D eigenvalue weighted by Crippen LogP contribution is -2.02. The number of rotatable bonds is 4. The number of nitrogens with zero attached hydrogens (tertiary/aromatic N) is 2. The third kappa shape index (κ3) is 2.25. The third-order valence-electron chi connectivity index (χ3n) is 2.00. The molecule has 0 radical (unpaired) electrons. The van der Waals surface area contributed by atoms with Crippen molar-refractivity contribution in [1.82, 2.24) is 9.59 Å². The van der Waals surface area contributed by atoms with Crippen LogP contribution in [0.4, 0.5) is 0 Å². The Labute approximate surface area is 97.0 Å². The fourth-order valence-corrected chi connectivity index (χ4v) is 1.74. The van der Waals surface area contributed by atoms with Gasteiger partial charge in [0.25, 0.3) is 0 Å². The number of hydrogen-bond donors (Lipinski definition) is 0. The molecule has 0 atom stereocenters. The molecule has 16 heavy (non-hydrogen) atoms. The van der Waals surface area contributed by atoms with Gasteiger partial charge in [-0.15, -0.1) is 5.10 Å². The maximum Gasteiger partial charge on any atom is 0.214 e. The second-order valence-electron chi connectivity index (χ2n) is 3.08. The van der Waals surface area contributed by atoms with Crippen molar-refractivity contribution in [3.8, 4) is 5.75 Å². The molecule has 0 fully saturated rings. The van der Waals surface area contributed by atoms with E-state index in [-0.39, 0.29) is 5.78 Å². The minimum atomic E-state index is -0.129. The van der Waals surface area contributed by atoms with Gasteiger partial charge in [-0.05, 0) is 30.6 Å². The molecule has 0 amide bonds. The molecular weight excluding hydrogens is 224 g/mol. The van der Waals surface area contributed by atoms with Crippen molar-refractivity contribution < 1.29 is 9.53 Å². The van der Waals surface area contributed by atoms with Gasteiger partial charge in [-0.25, -0.2) is 0 Å². The van der Waals surface area contributed by atoms with E-state index in [2.05, 4.69) is 9.59 Å². The molecule has 0 unspecified atom stereocenters. The van der Waals surface area contributed by atoms with Crippen LogP contribution in [0.25, 0.3) is 0 Å². The van der Waals surface area contributed by atoms with E-state index < -0.39 is 0 Å². The van der Waals surface area contributed by atoms with Gasteiger partial charge < -0.3 is 4.74 Å². The Balaban J connectivity index is 2.27. The maximum atomic E-state index is 11.9. The molecular formula is C11H10N2O2S. The number of carbonyl (C=O) groups excluding carboxylic acids is 1. The van der Waals surface area contributed by atoms with Gasteiger partial charge in [0.2, 0.25) is 5.78 Å². The Morgan fingerprint density at radius 2 is 2.38 bits per heavy atom. The summed E-state index contributed by atoms with van der Waals surface area (Å²) in [6.07, 6.45) is 0. The van der Waals surface area contributed by atoms with Crippen LogP contribution < -0.4 is 4.74 Å². The van der Waals surface area contributed by atoms with E-state index in [9.17, 15) is 4.79 Å². The first-order valence-corrected chi connectivity index (χ1v) is 5.69. The van der Waals surface area contributed by atoms with Gasteiger partial charge in [-0.1, -0.05) is 16.6 Å². The van der Waals surface area contributed by atoms with Crippen molar-refractivity contribution in [2.24, 2.45) is 0 Å². The molecule has 0 saturated carbocycles. The normalized spacial score (nSPS) is 10.1. The first-order chi connectivity index (χ1) is 7.81. The zero-order valence-electron chi connectivity index (χ0n) is 8.71. The smallest absolute Gasteiger partial charge is 0.214 e. The summed E-state index contributed by atoms with van der Waals surface area (Å²) in [5.74, 6) is 0.562. The standard InChI is InChI=1S/C11H10N2O2S/c1-2-15-9-5-3-4-8(6-9)11(14)10-7-16-13-12-10/h3-7H,2H2,1H3. The Morgan fingerprint density at radius 3 is 3.06 bits per heavy atom. The van der Waals surface area contributed by atoms with E-state index in [0.717, 1.165) is 11.5 Å². The summed E-state index contributed by atoms with van der Waals surface area (Å²) in [6.45, 7) is 2.48. The van der Waals surface area contributed by atoms with Crippen LogP contribution >= 0.6 is 11.5 Å². The number of benzene rings is 1. The number of hydrogen-bond acceptors (Lipinski definition) is 5. The summed E-state index contributed by atoms with van der Waals surface area (Å²) in [5.41, 5.74) is 0.942. The van der Waals surface area contributed by atoms with Gasteiger partial charge in [0.1, 0.15) is 11.4 Å². The molecule has 1 aromatic heterocycles. The first kappa shape index (κ1) is 10.8. The average molecular weight is 234 g/mol. The van der Waals surface area contributed by atoms with Gasteiger partial charge in [-0.2, -0.15) is 0 Å². The zero-order valence-corrected chi connectivity index (χ0v) is 9.53. The van der Waals surface area contributed by atoms with Gasteiger partial charge in [0.15, 0.2) is 0 Å². The summed E-state index contributed by atoms with van der Waals surface area (Å²) in [4.78, 5) is 11.9. The largest absolute Gasteiger partial charge is 0.494 e. The molecule has 2 aromatic rings. The van der Waals surface area contributed by atoms with Crippen LogP contribution in [-0.4, -0.2) is 22.0 Å². The summed E-state index contributed by atoms with van der Waals surface area (Å²) >= 11 is 1.16. The van der Waals surface area contributed by atoms with E-state index in [1.165, 1.54) is 0 Å². The fourth-order valence-electron chi connectivity index (χ4n) is 1.31. The van der Waals surface area contributed by atoms with Gasteiger partial charge in [-0.3, -0.25) is 4.79 Å². The highest BCUT2D eigenvalue weighted by molar-refractivity contribution is 7.03. The van der Waals surface area contributed by atoms with Gasteiger partial charge >= 0.3 is 0 Å². The second kappa shape index (κ2) is 4.85. The fraction of sp³-hybridized carbons (Fsp3) is 0.182. The summed E-state index contributed by atoms with van der Waals surface area (Å²) in [6, 6.07) is 7.06. The Kier molecular flexibility index (Phi) is 3.26. The van der Waals surface area contributed by atoms with E-state index >= 15 is 0 Å². The molecule has 0 aliphatic heterocycles. The molecule has 0 spiro atoms. The van der Waals surface area contributed by atoms with Crippen molar-refractivity contribution in [2.45, 2.75) is 6.92 Å². The molecule has 0 bridgehead atoms. The molecule has 0 aliphatic carbocycles. The minimum absolute atomic E-state index is 0.129. The molecule has 5 heteroatoms. The van der Waals surface area contributed by atoms with Crippen molar-refractivity contribution in [1.29, 1.82) is 0 Å². The highest BCUT2D eigenvalue weighted by atomic mass is 32.1. The molecule has 1 heterocycles. The maximum absolute atomic E-state index is 11.9. The van der Waals surface area contributed by atoms with Crippen LogP contribution in [-0.2, 0) is 0 Å². The lowest BCUT2D eigenvalue weighted by atomic mass is 10.1. The molecule has 0 aliphatic rings. The molecule has 1 aromatic carbocycles. The highest BCUT2D eigenvalue weighted by Crippen LogP contribution is 2.16. The van der Waals surface area contributed by atoms with Crippen LogP contribution in [0.3, 0.4) is 0 Å². The lowest BCUT2D eigenvalue weighted by Gasteiger charge is -2.03. The molecule has 2 rings (SSSR count). The quantitative estimate of drug-likeness (QED) is 0.761. The number of aromatic nitrogens is 2.